The molecule has 0 aliphatic carbocycles. The lowest BCUT2D eigenvalue weighted by Gasteiger charge is -2.14. The highest BCUT2D eigenvalue weighted by atomic mass is 35.5. The van der Waals surface area contributed by atoms with Crippen LogP contribution in [0.25, 0.3) is 0 Å². The van der Waals surface area contributed by atoms with Crippen molar-refractivity contribution in [1.82, 2.24) is 5.32 Å². The monoisotopic (exact) mass is 309 g/mol. The molecular weight excluding hydrogens is 293 g/mol. The van der Waals surface area contributed by atoms with Crippen LogP contribution in [-0.2, 0) is 6.54 Å². The summed E-state index contributed by atoms with van der Waals surface area (Å²) < 4.78 is 18.6. The molecule has 0 saturated heterocycles. The predicted molar refractivity (Wildman–Crippen MR) is 81.1 cm³/mol. The van der Waals surface area contributed by atoms with Gasteiger partial charge in [-0.2, -0.15) is 0 Å². The molecular formula is C16H17ClFNO2. The van der Waals surface area contributed by atoms with E-state index in [9.17, 15) is 9.50 Å². The summed E-state index contributed by atoms with van der Waals surface area (Å²) in [5.74, 6) is -0.295. The van der Waals surface area contributed by atoms with Crippen molar-refractivity contribution in [3.8, 4) is 5.75 Å². The molecule has 1 atom stereocenters. The van der Waals surface area contributed by atoms with Crippen LogP contribution in [0.3, 0.4) is 0 Å². The van der Waals surface area contributed by atoms with Crippen LogP contribution in [0, 0.1) is 5.82 Å². The van der Waals surface area contributed by atoms with Crippen molar-refractivity contribution in [3.05, 3.63) is 64.9 Å². The van der Waals surface area contributed by atoms with Gasteiger partial charge in [0, 0.05) is 18.1 Å². The maximum atomic E-state index is 13.3. The summed E-state index contributed by atoms with van der Waals surface area (Å²) in [6, 6.07) is 13.6. The van der Waals surface area contributed by atoms with Gasteiger partial charge in [-0.15, -0.1) is 0 Å². The molecule has 0 aliphatic heterocycles. The zero-order chi connectivity index (χ0) is 15.1. The van der Waals surface area contributed by atoms with E-state index in [0.29, 0.717) is 18.1 Å². The second kappa shape index (κ2) is 7.98. The molecule has 0 radical (unpaired) electrons. The zero-order valence-corrected chi connectivity index (χ0v) is 12.2. The van der Waals surface area contributed by atoms with E-state index in [1.807, 2.05) is 24.3 Å². The van der Waals surface area contributed by atoms with Gasteiger partial charge in [0.05, 0.1) is 0 Å². The molecule has 0 spiro atoms. The normalized spacial score (nSPS) is 12.1. The van der Waals surface area contributed by atoms with Crippen molar-refractivity contribution in [3.63, 3.8) is 0 Å². The van der Waals surface area contributed by atoms with Crippen molar-refractivity contribution >= 4 is 11.6 Å². The van der Waals surface area contributed by atoms with Crippen LogP contribution < -0.4 is 10.1 Å². The van der Waals surface area contributed by atoms with Gasteiger partial charge in [0.25, 0.3) is 0 Å². The molecule has 21 heavy (non-hydrogen) atoms. The van der Waals surface area contributed by atoms with Crippen molar-refractivity contribution < 1.29 is 14.2 Å². The first-order valence-corrected chi connectivity index (χ1v) is 7.04. The Kier molecular flexibility index (Phi) is 5.99. The number of benzene rings is 2. The quantitative estimate of drug-likeness (QED) is 0.826. The number of hydrogen-bond acceptors (Lipinski definition) is 3. The number of ether oxygens (including phenoxy) is 1. The van der Waals surface area contributed by atoms with Gasteiger partial charge in [0.2, 0.25) is 0 Å². The summed E-state index contributed by atoms with van der Waals surface area (Å²) in [7, 11) is 0. The topological polar surface area (TPSA) is 41.5 Å². The summed E-state index contributed by atoms with van der Waals surface area (Å²) >= 11 is 6.03. The lowest BCUT2D eigenvalue weighted by molar-refractivity contribution is 0.104. The van der Waals surface area contributed by atoms with Crippen LogP contribution in [0.4, 0.5) is 4.39 Å². The second-order valence-electron chi connectivity index (χ2n) is 4.62. The Bertz CT molecular complexity index is 580. The van der Waals surface area contributed by atoms with Crippen molar-refractivity contribution in [2.75, 3.05) is 13.2 Å². The van der Waals surface area contributed by atoms with Crippen molar-refractivity contribution in [2.24, 2.45) is 0 Å². The van der Waals surface area contributed by atoms with E-state index in [1.54, 1.807) is 12.1 Å². The van der Waals surface area contributed by atoms with Crippen LogP contribution in [0.15, 0.2) is 48.5 Å². The van der Waals surface area contributed by atoms with E-state index in [-0.39, 0.29) is 12.4 Å². The number of nitrogens with one attached hydrogen (secondary N) is 1. The fourth-order valence-electron chi connectivity index (χ4n) is 1.82. The van der Waals surface area contributed by atoms with Gasteiger partial charge in [-0.3, -0.25) is 0 Å². The van der Waals surface area contributed by atoms with E-state index < -0.39 is 11.9 Å². The lowest BCUT2D eigenvalue weighted by Crippen LogP contribution is -2.31. The molecule has 2 rings (SSSR count). The summed E-state index contributed by atoms with van der Waals surface area (Å²) in [5.41, 5.74) is 0.960. The number of hydrogen-bond donors (Lipinski definition) is 2. The van der Waals surface area contributed by atoms with Gasteiger partial charge in [-0.05, 0) is 23.8 Å². The minimum absolute atomic E-state index is 0.0243. The molecule has 0 aromatic heterocycles. The van der Waals surface area contributed by atoms with E-state index in [1.165, 1.54) is 12.1 Å². The summed E-state index contributed by atoms with van der Waals surface area (Å²) in [6.45, 7) is 0.909. The first kappa shape index (κ1) is 15.8. The predicted octanol–water partition coefficient (Wildman–Crippen LogP) is 3.01. The van der Waals surface area contributed by atoms with Gasteiger partial charge in [0.1, 0.15) is 12.7 Å². The minimum Gasteiger partial charge on any atom is -0.488 e. The van der Waals surface area contributed by atoms with Gasteiger partial charge < -0.3 is 15.2 Å². The van der Waals surface area contributed by atoms with E-state index >= 15 is 0 Å². The van der Waals surface area contributed by atoms with Crippen LogP contribution in [0.2, 0.25) is 5.02 Å². The Morgan fingerprint density at radius 2 is 1.86 bits per heavy atom. The van der Waals surface area contributed by atoms with Crippen LogP contribution in [0.5, 0.6) is 5.75 Å². The molecule has 0 fully saturated rings. The number of rotatable bonds is 7. The molecule has 0 saturated carbocycles. The Morgan fingerprint density at radius 3 is 2.62 bits per heavy atom. The zero-order valence-electron chi connectivity index (χ0n) is 11.4. The molecule has 5 heteroatoms. The summed E-state index contributed by atoms with van der Waals surface area (Å²) in [5, 5.41) is 13.6. The maximum absolute atomic E-state index is 13.3. The Morgan fingerprint density at radius 1 is 1.14 bits per heavy atom. The third-order valence-electron chi connectivity index (χ3n) is 2.92. The third kappa shape index (κ3) is 5.01. The number of halogens is 2. The average molecular weight is 310 g/mol. The molecule has 2 N–H and O–H groups in total. The highest BCUT2D eigenvalue weighted by Crippen LogP contribution is 2.16. The van der Waals surface area contributed by atoms with Gasteiger partial charge in [0.15, 0.2) is 11.6 Å². The second-order valence-corrected chi connectivity index (χ2v) is 5.02. The van der Waals surface area contributed by atoms with Crippen LogP contribution in [-0.4, -0.2) is 24.4 Å². The van der Waals surface area contributed by atoms with Gasteiger partial charge in [-0.1, -0.05) is 41.9 Å². The highest BCUT2D eigenvalue weighted by Gasteiger charge is 2.08. The Balaban J connectivity index is 1.72. The highest BCUT2D eigenvalue weighted by molar-refractivity contribution is 6.31. The average Bonchev–Trinajstić information content (AvgIpc) is 2.48. The lowest BCUT2D eigenvalue weighted by atomic mass is 10.2. The first-order valence-electron chi connectivity index (χ1n) is 6.66. The molecule has 0 heterocycles. The smallest absolute Gasteiger partial charge is 0.165 e. The van der Waals surface area contributed by atoms with E-state index in [2.05, 4.69) is 5.32 Å². The fourth-order valence-corrected chi connectivity index (χ4v) is 2.02. The van der Waals surface area contributed by atoms with Gasteiger partial charge >= 0.3 is 0 Å². The first-order chi connectivity index (χ1) is 10.2. The summed E-state index contributed by atoms with van der Waals surface area (Å²) in [4.78, 5) is 0. The van der Waals surface area contributed by atoms with Gasteiger partial charge in [-0.25, -0.2) is 4.39 Å². The minimum atomic E-state index is -0.730. The Labute approximate surface area is 128 Å². The molecule has 2 aromatic rings. The molecule has 0 amide bonds. The SMILES string of the molecule is OC(CNCc1ccccc1Cl)COc1ccccc1F. The standard InChI is InChI=1S/C16H17ClFNO2/c17-14-6-2-1-5-12(14)9-19-10-13(20)11-21-16-8-4-3-7-15(16)18/h1-8,13,19-20H,9-11H2. The molecule has 1 unspecified atom stereocenters. The maximum Gasteiger partial charge on any atom is 0.165 e. The number of aliphatic hydroxyl groups excluding tert-OH is 1. The van der Waals surface area contributed by atoms with Crippen molar-refractivity contribution in [2.45, 2.75) is 12.6 Å². The molecule has 3 nitrogen and oxygen atoms in total. The van der Waals surface area contributed by atoms with Crippen molar-refractivity contribution in [1.29, 1.82) is 0 Å². The van der Waals surface area contributed by atoms with E-state index in [4.69, 9.17) is 16.3 Å². The van der Waals surface area contributed by atoms with E-state index in [0.717, 1.165) is 5.56 Å². The Hall–Kier alpha value is -1.62. The molecule has 0 aliphatic rings. The largest absolute Gasteiger partial charge is 0.488 e. The number of aliphatic hydroxyl groups is 1. The molecule has 112 valence electrons. The van der Waals surface area contributed by atoms with Crippen LogP contribution >= 0.6 is 11.6 Å². The molecule has 0 bridgehead atoms. The number of para-hydroxylation sites is 1. The summed E-state index contributed by atoms with van der Waals surface area (Å²) in [6.07, 6.45) is -0.730. The third-order valence-corrected chi connectivity index (χ3v) is 3.29. The fraction of sp³-hybridized carbons (Fsp3) is 0.250. The van der Waals surface area contributed by atoms with Crippen LogP contribution in [0.1, 0.15) is 5.56 Å². The molecule has 2 aromatic carbocycles.